The lowest BCUT2D eigenvalue weighted by Crippen LogP contribution is -2.33. The molecule has 0 spiro atoms. The number of benzene rings is 3. The van der Waals surface area contributed by atoms with E-state index >= 15 is 0 Å². The Morgan fingerprint density at radius 2 is 1.80 bits per heavy atom. The zero-order chi connectivity index (χ0) is 28.8. The quantitative estimate of drug-likeness (QED) is 0.164. The first kappa shape index (κ1) is 28.1. The molecule has 1 aliphatic rings. The maximum atomic E-state index is 12.8. The molecule has 5 rings (SSSR count). The van der Waals surface area contributed by atoms with E-state index in [2.05, 4.69) is 4.98 Å². The van der Waals surface area contributed by atoms with Gasteiger partial charge in [-0.3, -0.25) is 14.5 Å². The molecule has 2 heterocycles. The number of thiocarbonyl (C=S) groups is 1. The summed E-state index contributed by atoms with van der Waals surface area (Å²) < 4.78 is 18.3. The molecule has 0 saturated carbocycles. The van der Waals surface area contributed by atoms with E-state index in [0.717, 1.165) is 39.2 Å². The molecule has 208 valence electrons. The zero-order valence-corrected chi connectivity index (χ0v) is 23.7. The first-order valence-corrected chi connectivity index (χ1v) is 14.0. The van der Waals surface area contributed by atoms with Crippen molar-refractivity contribution in [2.24, 2.45) is 0 Å². The van der Waals surface area contributed by atoms with Gasteiger partial charge in [-0.25, -0.2) is 4.98 Å². The van der Waals surface area contributed by atoms with Crippen LogP contribution in [0.1, 0.15) is 22.6 Å². The van der Waals surface area contributed by atoms with Gasteiger partial charge in [0.2, 0.25) is 5.89 Å². The number of carboxylic acids is 1. The Morgan fingerprint density at radius 3 is 2.54 bits per heavy atom. The highest BCUT2D eigenvalue weighted by molar-refractivity contribution is 8.26. The van der Waals surface area contributed by atoms with Crippen molar-refractivity contribution in [2.45, 2.75) is 20.0 Å². The number of rotatable bonds is 11. The van der Waals surface area contributed by atoms with Gasteiger partial charge in [-0.1, -0.05) is 72.5 Å². The number of oxazole rings is 1. The van der Waals surface area contributed by atoms with E-state index in [1.165, 1.54) is 0 Å². The van der Waals surface area contributed by atoms with Crippen molar-refractivity contribution in [3.63, 3.8) is 0 Å². The first-order chi connectivity index (χ1) is 19.9. The van der Waals surface area contributed by atoms with Crippen molar-refractivity contribution in [2.75, 3.05) is 13.2 Å². The van der Waals surface area contributed by atoms with E-state index in [-0.39, 0.29) is 4.32 Å². The van der Waals surface area contributed by atoms with E-state index < -0.39 is 18.4 Å². The van der Waals surface area contributed by atoms with Crippen LogP contribution in [0.3, 0.4) is 0 Å². The number of aromatic nitrogens is 1. The molecule has 4 aromatic rings. The monoisotopic (exact) mass is 586 g/mol. The van der Waals surface area contributed by atoms with Gasteiger partial charge in [0.25, 0.3) is 5.91 Å². The number of aryl methyl sites for hydroxylation is 1. The van der Waals surface area contributed by atoms with Gasteiger partial charge in [0.05, 0.1) is 17.2 Å². The number of nitrogens with zero attached hydrogens (tertiary/aromatic N) is 2. The molecule has 0 radical (unpaired) electrons. The minimum atomic E-state index is -1.13. The van der Waals surface area contributed by atoms with Crippen LogP contribution >= 0.6 is 24.0 Å². The predicted molar refractivity (Wildman–Crippen MR) is 161 cm³/mol. The molecular weight excluding hydrogens is 560 g/mol. The molecule has 10 heteroatoms. The number of carbonyl (C=O) groups is 2. The summed E-state index contributed by atoms with van der Waals surface area (Å²) >= 11 is 6.29. The standard InChI is InChI=1S/C31H26N2O6S2/c1-20-25(32-29(39-20)22-10-6-3-7-11-22)14-15-37-24-13-12-23(26(17-24)38-19-21-8-4-2-5-9-21)16-27-30(36)33(18-28(34)35)31(40)41-27/h2-13,16-17H,14-15,18-19H2,1H3,(H,34,35). The number of amides is 1. The van der Waals surface area contributed by atoms with Crippen molar-refractivity contribution in [3.05, 3.63) is 106 Å². The zero-order valence-electron chi connectivity index (χ0n) is 22.1. The van der Waals surface area contributed by atoms with Crippen LogP contribution in [0.2, 0.25) is 0 Å². The Morgan fingerprint density at radius 1 is 1.07 bits per heavy atom. The molecule has 0 bridgehead atoms. The van der Waals surface area contributed by atoms with Crippen molar-refractivity contribution in [1.82, 2.24) is 9.88 Å². The van der Waals surface area contributed by atoms with Crippen LogP contribution in [0, 0.1) is 6.92 Å². The summed E-state index contributed by atoms with van der Waals surface area (Å²) in [6, 6.07) is 24.8. The van der Waals surface area contributed by atoms with Crippen LogP contribution in [0.4, 0.5) is 0 Å². The van der Waals surface area contributed by atoms with Gasteiger partial charge in [0, 0.05) is 23.6 Å². The van der Waals surface area contributed by atoms with Gasteiger partial charge in [-0.2, -0.15) is 0 Å². The fourth-order valence-corrected chi connectivity index (χ4v) is 5.37. The topological polar surface area (TPSA) is 102 Å². The normalized spacial score (nSPS) is 14.1. The van der Waals surface area contributed by atoms with Gasteiger partial charge in [-0.05, 0) is 42.8 Å². The Kier molecular flexibility index (Phi) is 8.81. The maximum Gasteiger partial charge on any atom is 0.323 e. The SMILES string of the molecule is Cc1oc(-c2ccccc2)nc1CCOc1ccc(C=C2SC(=S)N(CC(=O)O)C2=O)c(OCc2ccccc2)c1. The minimum Gasteiger partial charge on any atom is -0.493 e. The lowest BCUT2D eigenvalue weighted by molar-refractivity contribution is -0.140. The summed E-state index contributed by atoms with van der Waals surface area (Å²) in [6.07, 6.45) is 2.21. The molecule has 1 saturated heterocycles. The molecule has 1 fully saturated rings. The molecule has 0 unspecified atom stereocenters. The second-order valence-corrected chi connectivity index (χ2v) is 10.8. The van der Waals surface area contributed by atoms with Gasteiger partial charge in [0.15, 0.2) is 0 Å². The van der Waals surface area contributed by atoms with Crippen LogP contribution < -0.4 is 9.47 Å². The van der Waals surface area contributed by atoms with Gasteiger partial charge < -0.3 is 19.0 Å². The molecule has 3 aromatic carbocycles. The molecule has 8 nitrogen and oxygen atoms in total. The summed E-state index contributed by atoms with van der Waals surface area (Å²) in [4.78, 5) is 30.0. The Hall–Kier alpha value is -4.41. The summed E-state index contributed by atoms with van der Waals surface area (Å²) in [5.74, 6) is 0.845. The maximum absolute atomic E-state index is 12.8. The number of hydrogen-bond donors (Lipinski definition) is 1. The third-order valence-corrected chi connectivity index (χ3v) is 7.57. The summed E-state index contributed by atoms with van der Waals surface area (Å²) in [7, 11) is 0. The lowest BCUT2D eigenvalue weighted by Gasteiger charge is -2.13. The van der Waals surface area contributed by atoms with Crippen LogP contribution in [-0.4, -0.2) is 44.3 Å². The number of hydrogen-bond acceptors (Lipinski definition) is 8. The fraction of sp³-hybridized carbons (Fsp3) is 0.161. The van der Waals surface area contributed by atoms with Gasteiger partial charge in [-0.15, -0.1) is 0 Å². The number of aliphatic carboxylic acids is 1. The summed E-state index contributed by atoms with van der Waals surface area (Å²) in [5.41, 5.74) is 3.36. The van der Waals surface area contributed by atoms with E-state index in [1.54, 1.807) is 24.3 Å². The molecule has 1 amide bonds. The Balaban J connectivity index is 1.32. The average Bonchev–Trinajstić information content (AvgIpc) is 3.47. The molecule has 0 atom stereocenters. The van der Waals surface area contributed by atoms with Crippen molar-refractivity contribution >= 4 is 46.3 Å². The Labute approximate surface area is 246 Å². The van der Waals surface area contributed by atoms with E-state index in [1.807, 2.05) is 67.6 Å². The third kappa shape index (κ3) is 7.03. The fourth-order valence-electron chi connectivity index (χ4n) is 4.13. The van der Waals surface area contributed by atoms with E-state index in [4.69, 9.17) is 31.2 Å². The Bertz CT molecular complexity index is 1600. The van der Waals surface area contributed by atoms with Crippen LogP contribution in [0.5, 0.6) is 11.5 Å². The van der Waals surface area contributed by atoms with Crippen LogP contribution in [0.25, 0.3) is 17.5 Å². The summed E-state index contributed by atoms with van der Waals surface area (Å²) in [5, 5.41) is 9.13. The second-order valence-electron chi connectivity index (χ2n) is 9.12. The third-order valence-electron chi connectivity index (χ3n) is 6.20. The average molecular weight is 587 g/mol. The highest BCUT2D eigenvalue weighted by Crippen LogP contribution is 2.35. The molecule has 0 aliphatic carbocycles. The van der Waals surface area contributed by atoms with E-state index in [0.29, 0.717) is 47.5 Å². The largest absolute Gasteiger partial charge is 0.493 e. The highest BCUT2D eigenvalue weighted by atomic mass is 32.2. The van der Waals surface area contributed by atoms with E-state index in [9.17, 15) is 9.59 Å². The minimum absolute atomic E-state index is 0.203. The van der Waals surface area contributed by atoms with Crippen LogP contribution in [-0.2, 0) is 22.6 Å². The number of thioether (sulfide) groups is 1. The number of carboxylic acid groups (broad SMARTS) is 1. The molecular formula is C31H26N2O6S2. The van der Waals surface area contributed by atoms with Crippen molar-refractivity contribution in [1.29, 1.82) is 0 Å². The second kappa shape index (κ2) is 12.8. The van der Waals surface area contributed by atoms with Gasteiger partial charge in [0.1, 0.15) is 34.7 Å². The molecule has 41 heavy (non-hydrogen) atoms. The molecule has 1 aliphatic heterocycles. The van der Waals surface area contributed by atoms with Crippen molar-refractivity contribution < 1.29 is 28.6 Å². The number of carbonyl (C=O) groups excluding carboxylic acids is 1. The molecule has 1 N–H and O–H groups in total. The first-order valence-electron chi connectivity index (χ1n) is 12.8. The predicted octanol–water partition coefficient (Wildman–Crippen LogP) is 6.14. The highest BCUT2D eigenvalue weighted by Gasteiger charge is 2.33. The van der Waals surface area contributed by atoms with Crippen molar-refractivity contribution in [3.8, 4) is 23.0 Å². The lowest BCUT2D eigenvalue weighted by atomic mass is 10.1. The number of ether oxygens (including phenoxy) is 2. The smallest absolute Gasteiger partial charge is 0.323 e. The van der Waals surface area contributed by atoms with Gasteiger partial charge >= 0.3 is 5.97 Å². The molecule has 1 aromatic heterocycles. The van der Waals surface area contributed by atoms with Crippen LogP contribution in [0.15, 0.2) is 88.2 Å². The summed E-state index contributed by atoms with van der Waals surface area (Å²) in [6.45, 7) is 2.08.